The molecule has 1 saturated heterocycles. The van der Waals surface area contributed by atoms with Crippen molar-refractivity contribution in [2.75, 3.05) is 11.9 Å². The van der Waals surface area contributed by atoms with E-state index in [0.717, 1.165) is 25.0 Å². The minimum absolute atomic E-state index is 0.181. The summed E-state index contributed by atoms with van der Waals surface area (Å²) < 4.78 is 7.34. The maximum atomic E-state index is 11.9. The van der Waals surface area contributed by atoms with E-state index >= 15 is 0 Å². The van der Waals surface area contributed by atoms with Gasteiger partial charge in [0, 0.05) is 19.3 Å². The lowest BCUT2D eigenvalue weighted by molar-refractivity contribution is 0.0940. The van der Waals surface area contributed by atoms with E-state index in [9.17, 15) is 9.90 Å². The molecular weight excluding hydrogens is 296 g/mol. The Morgan fingerprint density at radius 2 is 2.39 bits per heavy atom. The summed E-state index contributed by atoms with van der Waals surface area (Å²) >= 11 is 0. The summed E-state index contributed by atoms with van der Waals surface area (Å²) in [5.74, 6) is 0.181. The fourth-order valence-electron chi connectivity index (χ4n) is 2.55. The van der Waals surface area contributed by atoms with Gasteiger partial charge in [0.1, 0.15) is 5.75 Å². The standard InChI is InChI=1S/C16H20N4O3/c21-14-4-1-3-12(7-14)8-17-16(22)19-13-9-18-20(10-13)11-15-5-2-6-23-15/h1,3-4,7,9-10,15,21H,2,5-6,8,11H2,(H2,17,19,22). The number of amides is 2. The van der Waals surface area contributed by atoms with Crippen molar-refractivity contribution in [3.05, 3.63) is 42.2 Å². The molecule has 0 aliphatic carbocycles. The highest BCUT2D eigenvalue weighted by atomic mass is 16.5. The van der Waals surface area contributed by atoms with Gasteiger partial charge in [-0.05, 0) is 30.5 Å². The molecule has 7 nitrogen and oxygen atoms in total. The summed E-state index contributed by atoms with van der Waals surface area (Å²) in [6, 6.07) is 6.45. The van der Waals surface area contributed by atoms with E-state index in [1.54, 1.807) is 35.3 Å². The minimum Gasteiger partial charge on any atom is -0.508 e. The fourth-order valence-corrected chi connectivity index (χ4v) is 2.55. The predicted molar refractivity (Wildman–Crippen MR) is 85.2 cm³/mol. The SMILES string of the molecule is O=C(NCc1cccc(O)c1)Nc1cnn(CC2CCCO2)c1. The molecule has 23 heavy (non-hydrogen) atoms. The lowest BCUT2D eigenvalue weighted by atomic mass is 10.2. The number of ether oxygens (including phenoxy) is 1. The van der Waals surface area contributed by atoms with Crippen LogP contribution in [0.3, 0.4) is 0 Å². The number of hydrogen-bond acceptors (Lipinski definition) is 4. The van der Waals surface area contributed by atoms with Crippen molar-refractivity contribution in [1.82, 2.24) is 15.1 Å². The molecule has 1 aliphatic heterocycles. The van der Waals surface area contributed by atoms with E-state index in [0.29, 0.717) is 18.8 Å². The van der Waals surface area contributed by atoms with Gasteiger partial charge in [-0.2, -0.15) is 5.10 Å². The number of hydrogen-bond donors (Lipinski definition) is 3. The maximum absolute atomic E-state index is 11.9. The number of nitrogens with one attached hydrogen (secondary N) is 2. The van der Waals surface area contributed by atoms with Crippen molar-refractivity contribution in [1.29, 1.82) is 0 Å². The summed E-state index contributed by atoms with van der Waals surface area (Å²) in [6.45, 7) is 1.85. The molecule has 0 radical (unpaired) electrons. The van der Waals surface area contributed by atoms with Gasteiger partial charge in [0.15, 0.2) is 0 Å². The van der Waals surface area contributed by atoms with Gasteiger partial charge in [-0.3, -0.25) is 4.68 Å². The minimum atomic E-state index is -0.315. The topological polar surface area (TPSA) is 88.4 Å². The molecule has 2 heterocycles. The van der Waals surface area contributed by atoms with E-state index in [-0.39, 0.29) is 17.9 Å². The molecule has 1 aliphatic rings. The lowest BCUT2D eigenvalue weighted by Crippen LogP contribution is -2.28. The summed E-state index contributed by atoms with van der Waals surface area (Å²) in [4.78, 5) is 11.9. The molecule has 122 valence electrons. The van der Waals surface area contributed by atoms with Crippen LogP contribution in [0.25, 0.3) is 0 Å². The molecule has 1 fully saturated rings. The number of phenolic OH excluding ortho intramolecular Hbond substituents is 1. The van der Waals surface area contributed by atoms with Crippen molar-refractivity contribution in [3.63, 3.8) is 0 Å². The van der Waals surface area contributed by atoms with Crippen LogP contribution >= 0.6 is 0 Å². The number of nitrogens with zero attached hydrogens (tertiary/aromatic N) is 2. The monoisotopic (exact) mass is 316 g/mol. The van der Waals surface area contributed by atoms with E-state index < -0.39 is 0 Å². The van der Waals surface area contributed by atoms with Crippen molar-refractivity contribution >= 4 is 11.7 Å². The van der Waals surface area contributed by atoms with Gasteiger partial charge in [-0.15, -0.1) is 0 Å². The number of phenols is 1. The van der Waals surface area contributed by atoms with Crippen molar-refractivity contribution in [2.24, 2.45) is 0 Å². The smallest absolute Gasteiger partial charge is 0.319 e. The van der Waals surface area contributed by atoms with Gasteiger partial charge in [0.25, 0.3) is 0 Å². The molecule has 7 heteroatoms. The molecule has 3 N–H and O–H groups in total. The van der Waals surface area contributed by atoms with Gasteiger partial charge in [0.2, 0.25) is 0 Å². The zero-order valence-corrected chi connectivity index (χ0v) is 12.7. The van der Waals surface area contributed by atoms with Crippen molar-refractivity contribution < 1.29 is 14.6 Å². The molecule has 0 spiro atoms. The van der Waals surface area contributed by atoms with Crippen LogP contribution in [0, 0.1) is 0 Å². The first-order valence-electron chi connectivity index (χ1n) is 7.66. The third-order valence-corrected chi connectivity index (χ3v) is 3.67. The summed E-state index contributed by atoms with van der Waals surface area (Å²) in [5.41, 5.74) is 1.46. The summed E-state index contributed by atoms with van der Waals surface area (Å²) in [5, 5.41) is 19.1. The van der Waals surface area contributed by atoms with E-state index in [2.05, 4.69) is 15.7 Å². The zero-order chi connectivity index (χ0) is 16.1. The second-order valence-electron chi connectivity index (χ2n) is 5.56. The van der Waals surface area contributed by atoms with Gasteiger partial charge < -0.3 is 20.5 Å². The van der Waals surface area contributed by atoms with E-state index in [1.807, 2.05) is 6.07 Å². The second-order valence-corrected chi connectivity index (χ2v) is 5.56. The van der Waals surface area contributed by atoms with Crippen LogP contribution in [0.15, 0.2) is 36.7 Å². The van der Waals surface area contributed by atoms with Gasteiger partial charge in [-0.25, -0.2) is 4.79 Å². The predicted octanol–water partition coefficient (Wildman–Crippen LogP) is 2.09. The van der Waals surface area contributed by atoms with Crippen LogP contribution in [-0.2, 0) is 17.8 Å². The normalized spacial score (nSPS) is 17.1. The molecule has 0 bridgehead atoms. The Bertz CT molecular complexity index is 665. The molecular formula is C16H20N4O3. The number of urea groups is 1. The average Bonchev–Trinajstić information content (AvgIpc) is 3.18. The Morgan fingerprint density at radius 3 is 3.17 bits per heavy atom. The molecule has 1 atom stereocenters. The van der Waals surface area contributed by atoms with Crippen molar-refractivity contribution in [2.45, 2.75) is 32.0 Å². The largest absolute Gasteiger partial charge is 0.508 e. The third kappa shape index (κ3) is 4.46. The van der Waals surface area contributed by atoms with E-state index in [1.165, 1.54) is 0 Å². The number of carbonyl (C=O) groups is 1. The first-order chi connectivity index (χ1) is 11.2. The highest BCUT2D eigenvalue weighted by molar-refractivity contribution is 5.88. The van der Waals surface area contributed by atoms with Crippen LogP contribution in [-0.4, -0.2) is 33.6 Å². The summed E-state index contributed by atoms with van der Waals surface area (Å²) in [6.07, 6.45) is 5.75. The number of rotatable bonds is 5. The fraction of sp³-hybridized carbons (Fsp3) is 0.375. The number of carbonyl (C=O) groups excluding carboxylic acids is 1. The average molecular weight is 316 g/mol. The molecule has 1 unspecified atom stereocenters. The number of benzene rings is 1. The van der Waals surface area contributed by atoms with Crippen LogP contribution in [0.5, 0.6) is 5.75 Å². The van der Waals surface area contributed by atoms with Crippen LogP contribution in [0.2, 0.25) is 0 Å². The van der Waals surface area contributed by atoms with Crippen LogP contribution in [0.1, 0.15) is 18.4 Å². The Balaban J connectivity index is 1.47. The Morgan fingerprint density at radius 1 is 1.48 bits per heavy atom. The lowest BCUT2D eigenvalue weighted by Gasteiger charge is -2.08. The molecule has 0 saturated carbocycles. The van der Waals surface area contributed by atoms with E-state index in [4.69, 9.17) is 4.74 Å². The zero-order valence-electron chi connectivity index (χ0n) is 12.7. The Hall–Kier alpha value is -2.54. The third-order valence-electron chi connectivity index (χ3n) is 3.67. The molecule has 2 amide bonds. The van der Waals surface area contributed by atoms with Gasteiger partial charge in [-0.1, -0.05) is 12.1 Å². The second kappa shape index (κ2) is 7.15. The van der Waals surface area contributed by atoms with Crippen LogP contribution < -0.4 is 10.6 Å². The Kier molecular flexibility index (Phi) is 4.77. The molecule has 2 aromatic rings. The molecule has 1 aromatic heterocycles. The first kappa shape index (κ1) is 15.4. The highest BCUT2D eigenvalue weighted by Crippen LogP contribution is 2.15. The van der Waals surface area contributed by atoms with Gasteiger partial charge in [0.05, 0.1) is 24.5 Å². The van der Waals surface area contributed by atoms with Crippen LogP contribution in [0.4, 0.5) is 10.5 Å². The quantitative estimate of drug-likeness (QED) is 0.788. The summed E-state index contributed by atoms with van der Waals surface area (Å²) in [7, 11) is 0. The first-order valence-corrected chi connectivity index (χ1v) is 7.66. The maximum Gasteiger partial charge on any atom is 0.319 e. The Labute approximate surface area is 134 Å². The molecule has 3 rings (SSSR count). The highest BCUT2D eigenvalue weighted by Gasteiger charge is 2.16. The molecule has 1 aromatic carbocycles. The van der Waals surface area contributed by atoms with Gasteiger partial charge >= 0.3 is 6.03 Å². The number of aromatic nitrogens is 2. The number of anilines is 1. The number of aromatic hydroxyl groups is 1. The van der Waals surface area contributed by atoms with Crippen molar-refractivity contribution in [3.8, 4) is 5.75 Å².